The summed E-state index contributed by atoms with van der Waals surface area (Å²) >= 11 is 3.87. The van der Waals surface area contributed by atoms with Crippen molar-refractivity contribution in [3.8, 4) is 0 Å². The predicted octanol–water partition coefficient (Wildman–Crippen LogP) is -1.28. The first-order valence-corrected chi connectivity index (χ1v) is 10.3. The molecule has 10 nitrogen and oxygen atoms in total. The Morgan fingerprint density at radius 2 is 1.83 bits per heavy atom. The van der Waals surface area contributed by atoms with Crippen LogP contribution in [0.1, 0.15) is 40.0 Å². The molecule has 3 amide bonds. The molecule has 1 fully saturated rings. The summed E-state index contributed by atoms with van der Waals surface area (Å²) in [5.41, 5.74) is 5.97. The third-order valence-corrected chi connectivity index (χ3v) is 5.11. The highest BCUT2D eigenvalue weighted by Gasteiger charge is 2.38. The second-order valence-electron chi connectivity index (χ2n) is 7.73. The van der Waals surface area contributed by atoms with Crippen LogP contribution in [0.5, 0.6) is 0 Å². The minimum absolute atomic E-state index is 0.153. The number of carboxylic acids is 1. The molecule has 5 atom stereocenters. The number of nitrogens with zero attached hydrogens (tertiary/aromatic N) is 1. The highest BCUT2D eigenvalue weighted by atomic mass is 32.1. The Bertz CT molecular complexity index is 615. The Labute approximate surface area is 176 Å². The summed E-state index contributed by atoms with van der Waals surface area (Å²) in [5.74, 6) is -2.97. The van der Waals surface area contributed by atoms with E-state index in [-0.39, 0.29) is 17.6 Å². The zero-order valence-electron chi connectivity index (χ0n) is 17.0. The predicted molar refractivity (Wildman–Crippen MR) is 109 cm³/mol. The molecule has 0 spiro atoms. The van der Waals surface area contributed by atoms with Crippen molar-refractivity contribution in [2.24, 2.45) is 11.7 Å². The summed E-state index contributed by atoms with van der Waals surface area (Å²) < 4.78 is 0. The van der Waals surface area contributed by atoms with Crippen LogP contribution in [0, 0.1) is 5.92 Å². The molecule has 1 heterocycles. The number of aliphatic hydroxyl groups excluding tert-OH is 1. The summed E-state index contributed by atoms with van der Waals surface area (Å²) in [4.78, 5) is 50.2. The number of carbonyl (C=O) groups excluding carboxylic acids is 3. The van der Waals surface area contributed by atoms with Gasteiger partial charge < -0.3 is 31.5 Å². The van der Waals surface area contributed by atoms with Crippen LogP contribution in [0.4, 0.5) is 0 Å². The number of likely N-dealkylation sites (tertiary alicyclic amines) is 1. The Kier molecular flexibility index (Phi) is 9.87. The molecule has 0 aliphatic carbocycles. The number of carbonyl (C=O) groups is 4. The van der Waals surface area contributed by atoms with Gasteiger partial charge in [-0.15, -0.1) is 0 Å². The van der Waals surface area contributed by atoms with Crippen molar-refractivity contribution in [2.75, 3.05) is 12.3 Å². The molecule has 5 unspecified atom stereocenters. The molecule has 1 aliphatic heterocycles. The molecule has 0 aromatic carbocycles. The molecule has 29 heavy (non-hydrogen) atoms. The lowest BCUT2D eigenvalue weighted by Crippen LogP contribution is -2.59. The topological polar surface area (TPSA) is 162 Å². The highest BCUT2D eigenvalue weighted by molar-refractivity contribution is 7.80. The van der Waals surface area contributed by atoms with Gasteiger partial charge in [0.1, 0.15) is 18.1 Å². The smallest absolute Gasteiger partial charge is 0.327 e. The molecule has 166 valence electrons. The zero-order valence-corrected chi connectivity index (χ0v) is 17.9. The van der Waals surface area contributed by atoms with Crippen LogP contribution in [-0.4, -0.2) is 81.4 Å². The van der Waals surface area contributed by atoms with Crippen LogP contribution in [0.15, 0.2) is 0 Å². The Morgan fingerprint density at radius 1 is 1.21 bits per heavy atom. The van der Waals surface area contributed by atoms with Crippen LogP contribution in [0.3, 0.4) is 0 Å². The molecule has 1 rings (SSSR count). The largest absolute Gasteiger partial charge is 0.480 e. The summed E-state index contributed by atoms with van der Waals surface area (Å²) in [6.45, 7) is 5.58. The van der Waals surface area contributed by atoms with Gasteiger partial charge in [0.2, 0.25) is 17.7 Å². The van der Waals surface area contributed by atoms with Gasteiger partial charge in [-0.2, -0.15) is 12.6 Å². The Morgan fingerprint density at radius 3 is 2.31 bits per heavy atom. The van der Waals surface area contributed by atoms with Crippen molar-refractivity contribution >= 4 is 36.3 Å². The zero-order chi connectivity index (χ0) is 22.3. The second-order valence-corrected chi connectivity index (χ2v) is 8.10. The maximum Gasteiger partial charge on any atom is 0.327 e. The van der Waals surface area contributed by atoms with E-state index in [2.05, 4.69) is 23.3 Å². The van der Waals surface area contributed by atoms with E-state index in [1.54, 1.807) is 0 Å². The van der Waals surface area contributed by atoms with Gasteiger partial charge in [-0.3, -0.25) is 14.4 Å². The summed E-state index contributed by atoms with van der Waals surface area (Å²) in [5, 5.41) is 23.6. The van der Waals surface area contributed by atoms with Crippen molar-refractivity contribution in [1.29, 1.82) is 0 Å². The maximum absolute atomic E-state index is 12.7. The first-order chi connectivity index (χ1) is 13.5. The molecular weight excluding hydrogens is 400 g/mol. The number of amides is 3. The van der Waals surface area contributed by atoms with Crippen molar-refractivity contribution < 1.29 is 29.4 Å². The summed E-state index contributed by atoms with van der Waals surface area (Å²) in [6.07, 6.45) is 0.240. The van der Waals surface area contributed by atoms with Crippen LogP contribution in [0.2, 0.25) is 0 Å². The molecule has 0 bridgehead atoms. The van der Waals surface area contributed by atoms with E-state index < -0.39 is 48.1 Å². The monoisotopic (exact) mass is 432 g/mol. The van der Waals surface area contributed by atoms with Crippen molar-refractivity contribution in [1.82, 2.24) is 15.5 Å². The van der Waals surface area contributed by atoms with E-state index >= 15 is 0 Å². The molecule has 11 heteroatoms. The maximum atomic E-state index is 12.7. The van der Waals surface area contributed by atoms with E-state index in [0.717, 1.165) is 0 Å². The van der Waals surface area contributed by atoms with Gasteiger partial charge in [-0.25, -0.2) is 4.79 Å². The van der Waals surface area contributed by atoms with Crippen LogP contribution in [-0.2, 0) is 19.2 Å². The van der Waals surface area contributed by atoms with Gasteiger partial charge in [0, 0.05) is 12.3 Å². The van der Waals surface area contributed by atoms with Crippen LogP contribution >= 0.6 is 12.6 Å². The number of hydrogen-bond acceptors (Lipinski definition) is 7. The van der Waals surface area contributed by atoms with Gasteiger partial charge in [-0.1, -0.05) is 13.8 Å². The van der Waals surface area contributed by atoms with Gasteiger partial charge in [-0.05, 0) is 32.1 Å². The SMILES string of the molecule is CC(C)CC(N)C(=O)N1CCCC1C(=O)NC(C(=O)NC(CS)C(=O)O)C(C)O. The third-order valence-electron chi connectivity index (χ3n) is 4.74. The number of aliphatic hydroxyl groups is 1. The first-order valence-electron chi connectivity index (χ1n) is 9.68. The van der Waals surface area contributed by atoms with Crippen molar-refractivity contribution in [3.63, 3.8) is 0 Å². The summed E-state index contributed by atoms with van der Waals surface area (Å²) in [7, 11) is 0. The van der Waals surface area contributed by atoms with Gasteiger partial charge in [0.15, 0.2) is 0 Å². The standard InChI is InChI=1S/C18H32N4O6S/c1-9(2)7-11(19)17(26)22-6-4-5-13(22)15(24)21-14(10(3)23)16(25)20-12(8-29)18(27)28/h9-14,23,29H,4-8,19H2,1-3H3,(H,20,25)(H,21,24)(H,27,28). The minimum atomic E-state index is -1.37. The van der Waals surface area contributed by atoms with E-state index in [4.69, 9.17) is 10.8 Å². The Hall–Kier alpha value is -1.85. The molecule has 6 N–H and O–H groups in total. The lowest BCUT2D eigenvalue weighted by atomic mass is 10.0. The fraction of sp³-hybridized carbons (Fsp3) is 0.778. The number of aliphatic carboxylic acids is 1. The number of thiol groups is 1. The number of nitrogens with one attached hydrogen (secondary N) is 2. The van der Waals surface area contributed by atoms with Crippen LogP contribution < -0.4 is 16.4 Å². The van der Waals surface area contributed by atoms with E-state index in [9.17, 15) is 24.3 Å². The third kappa shape index (κ3) is 7.16. The Balaban J connectivity index is 2.84. The van der Waals surface area contributed by atoms with Crippen molar-refractivity contribution in [2.45, 2.75) is 70.3 Å². The highest BCUT2D eigenvalue weighted by Crippen LogP contribution is 2.20. The van der Waals surface area contributed by atoms with Gasteiger partial charge in [0.05, 0.1) is 12.1 Å². The molecule has 0 saturated carbocycles. The minimum Gasteiger partial charge on any atom is -0.480 e. The molecule has 0 aromatic heterocycles. The normalized spacial score (nSPS) is 20.7. The molecule has 0 radical (unpaired) electrons. The summed E-state index contributed by atoms with van der Waals surface area (Å²) in [6, 6.07) is -4.14. The number of nitrogens with two attached hydrogens (primary N) is 1. The molecule has 1 aliphatic rings. The number of rotatable bonds is 10. The average molecular weight is 433 g/mol. The number of carboxylic acid groups (broad SMARTS) is 1. The molecule has 1 saturated heterocycles. The molecular formula is C18H32N4O6S. The van der Waals surface area contributed by atoms with E-state index in [1.807, 2.05) is 13.8 Å². The van der Waals surface area contributed by atoms with Crippen molar-refractivity contribution in [3.05, 3.63) is 0 Å². The number of hydrogen-bond donors (Lipinski definition) is 6. The average Bonchev–Trinajstić information content (AvgIpc) is 3.11. The van der Waals surface area contributed by atoms with Gasteiger partial charge >= 0.3 is 5.97 Å². The van der Waals surface area contributed by atoms with E-state index in [0.29, 0.717) is 25.8 Å². The molecule has 0 aromatic rings. The lowest BCUT2D eigenvalue weighted by molar-refractivity contribution is -0.143. The van der Waals surface area contributed by atoms with E-state index in [1.165, 1.54) is 11.8 Å². The fourth-order valence-corrected chi connectivity index (χ4v) is 3.47. The fourth-order valence-electron chi connectivity index (χ4n) is 3.23. The van der Waals surface area contributed by atoms with Crippen LogP contribution in [0.25, 0.3) is 0 Å². The first kappa shape index (κ1) is 25.2. The lowest BCUT2D eigenvalue weighted by Gasteiger charge is -2.29. The second kappa shape index (κ2) is 11.4. The quantitative estimate of drug-likeness (QED) is 0.234. The van der Waals surface area contributed by atoms with Gasteiger partial charge in [0.25, 0.3) is 0 Å².